The smallest absolute Gasteiger partial charge is 0.264 e. The molecule has 9 heteroatoms. The summed E-state index contributed by atoms with van der Waals surface area (Å²) in [7, 11) is -2.55. The van der Waals surface area contributed by atoms with Crippen LogP contribution in [0.4, 0.5) is 17.1 Å². The van der Waals surface area contributed by atoms with Gasteiger partial charge in [0.15, 0.2) is 0 Å². The first-order valence-corrected chi connectivity index (χ1v) is 11.1. The first-order valence-electron chi connectivity index (χ1n) is 9.69. The minimum Gasteiger partial charge on any atom is -0.497 e. The highest BCUT2D eigenvalue weighted by molar-refractivity contribution is 7.92. The number of hydrogen-bond donors (Lipinski definition) is 2. The Bertz CT molecular complexity index is 1210. The van der Waals surface area contributed by atoms with E-state index in [2.05, 4.69) is 10.6 Å². The van der Waals surface area contributed by atoms with Crippen LogP contribution < -0.4 is 19.7 Å². The van der Waals surface area contributed by atoms with Gasteiger partial charge in [0.25, 0.3) is 10.0 Å². The number of anilines is 3. The van der Waals surface area contributed by atoms with Crippen molar-refractivity contribution >= 4 is 38.9 Å². The predicted molar refractivity (Wildman–Crippen MR) is 123 cm³/mol. The molecule has 0 bridgehead atoms. The zero-order chi connectivity index (χ0) is 23.1. The Kier molecular flexibility index (Phi) is 7.11. The second-order valence-electron chi connectivity index (χ2n) is 6.84. The van der Waals surface area contributed by atoms with E-state index in [9.17, 15) is 18.0 Å². The van der Waals surface area contributed by atoms with Crippen LogP contribution in [0.1, 0.15) is 6.92 Å². The van der Waals surface area contributed by atoms with Gasteiger partial charge in [0.1, 0.15) is 12.3 Å². The second-order valence-corrected chi connectivity index (χ2v) is 8.70. The number of rotatable bonds is 8. The molecule has 0 aliphatic rings. The molecular formula is C23H23N3O5S. The van der Waals surface area contributed by atoms with E-state index in [-0.39, 0.29) is 16.5 Å². The monoisotopic (exact) mass is 453 g/mol. The van der Waals surface area contributed by atoms with Gasteiger partial charge in [-0.15, -0.1) is 0 Å². The van der Waals surface area contributed by atoms with Crippen LogP contribution in [0.3, 0.4) is 0 Å². The lowest BCUT2D eigenvalue weighted by Crippen LogP contribution is -2.38. The molecule has 0 fully saturated rings. The van der Waals surface area contributed by atoms with Crippen molar-refractivity contribution in [1.29, 1.82) is 0 Å². The quantitative estimate of drug-likeness (QED) is 0.543. The summed E-state index contributed by atoms with van der Waals surface area (Å²) in [5.74, 6) is -0.335. The lowest BCUT2D eigenvalue weighted by atomic mass is 10.2. The van der Waals surface area contributed by atoms with Crippen molar-refractivity contribution in [2.75, 3.05) is 28.6 Å². The summed E-state index contributed by atoms with van der Waals surface area (Å²) in [6.45, 7) is 0.917. The molecule has 166 valence electrons. The molecule has 0 aliphatic heterocycles. The SMILES string of the molecule is COc1cccc(N(CC(=O)Nc2cccc(NC(C)=O)c2)S(=O)(=O)c2ccccc2)c1. The van der Waals surface area contributed by atoms with Crippen molar-refractivity contribution < 1.29 is 22.7 Å². The number of ether oxygens (including phenoxy) is 1. The van der Waals surface area contributed by atoms with E-state index in [4.69, 9.17) is 4.74 Å². The molecule has 0 heterocycles. The van der Waals surface area contributed by atoms with Crippen LogP contribution in [0.15, 0.2) is 83.8 Å². The zero-order valence-corrected chi connectivity index (χ0v) is 18.4. The third kappa shape index (κ3) is 5.64. The summed E-state index contributed by atoms with van der Waals surface area (Å²) < 4.78 is 32.9. The molecule has 3 aromatic carbocycles. The molecule has 0 saturated carbocycles. The highest BCUT2D eigenvalue weighted by Crippen LogP contribution is 2.27. The minimum absolute atomic E-state index is 0.0586. The first kappa shape index (κ1) is 22.8. The Morgan fingerprint density at radius 3 is 2.19 bits per heavy atom. The Morgan fingerprint density at radius 1 is 0.875 bits per heavy atom. The lowest BCUT2D eigenvalue weighted by Gasteiger charge is -2.24. The van der Waals surface area contributed by atoms with Gasteiger partial charge in [-0.2, -0.15) is 0 Å². The molecule has 0 spiro atoms. The molecule has 3 rings (SSSR count). The molecule has 0 radical (unpaired) electrons. The Balaban J connectivity index is 1.90. The highest BCUT2D eigenvalue weighted by atomic mass is 32.2. The third-order valence-electron chi connectivity index (χ3n) is 4.43. The third-order valence-corrected chi connectivity index (χ3v) is 6.21. The average Bonchev–Trinajstić information content (AvgIpc) is 2.78. The van der Waals surface area contributed by atoms with E-state index in [0.717, 1.165) is 4.31 Å². The zero-order valence-electron chi connectivity index (χ0n) is 17.6. The fourth-order valence-electron chi connectivity index (χ4n) is 3.01. The number of methoxy groups -OCH3 is 1. The normalized spacial score (nSPS) is 10.8. The van der Waals surface area contributed by atoms with Crippen molar-refractivity contribution in [2.45, 2.75) is 11.8 Å². The molecule has 3 aromatic rings. The topological polar surface area (TPSA) is 105 Å². The van der Waals surface area contributed by atoms with Crippen molar-refractivity contribution in [3.8, 4) is 5.75 Å². The standard InChI is InChI=1S/C23H23N3O5S/c1-17(27)24-18-8-6-9-19(14-18)25-23(28)16-26(20-10-7-11-21(15-20)31-2)32(29,30)22-12-4-3-5-13-22/h3-15H,16H2,1-2H3,(H,24,27)(H,25,28). The van der Waals surface area contributed by atoms with Gasteiger partial charge in [-0.05, 0) is 42.5 Å². The molecule has 0 unspecified atom stereocenters. The number of sulfonamides is 1. The van der Waals surface area contributed by atoms with Crippen molar-refractivity contribution in [2.24, 2.45) is 0 Å². The number of hydrogen-bond acceptors (Lipinski definition) is 5. The largest absolute Gasteiger partial charge is 0.497 e. The maximum absolute atomic E-state index is 13.4. The summed E-state index contributed by atoms with van der Waals surface area (Å²) in [6.07, 6.45) is 0. The molecule has 0 atom stereocenters. The van der Waals surface area contributed by atoms with Crippen molar-refractivity contribution in [1.82, 2.24) is 0 Å². The van der Waals surface area contributed by atoms with E-state index in [0.29, 0.717) is 17.1 Å². The van der Waals surface area contributed by atoms with Crippen LogP contribution in [0.25, 0.3) is 0 Å². The van der Waals surface area contributed by atoms with Gasteiger partial charge >= 0.3 is 0 Å². The molecular weight excluding hydrogens is 430 g/mol. The lowest BCUT2D eigenvalue weighted by molar-refractivity contribution is -0.115. The highest BCUT2D eigenvalue weighted by Gasteiger charge is 2.27. The van der Waals surface area contributed by atoms with Crippen molar-refractivity contribution in [3.05, 3.63) is 78.9 Å². The van der Waals surface area contributed by atoms with E-state index in [1.54, 1.807) is 66.7 Å². The van der Waals surface area contributed by atoms with Gasteiger partial charge in [0, 0.05) is 24.4 Å². The summed E-state index contributed by atoms with van der Waals surface area (Å²) >= 11 is 0. The van der Waals surface area contributed by atoms with Gasteiger partial charge in [-0.25, -0.2) is 8.42 Å². The van der Waals surface area contributed by atoms with Crippen LogP contribution in [-0.4, -0.2) is 33.9 Å². The molecule has 0 aliphatic carbocycles. The van der Waals surface area contributed by atoms with Gasteiger partial charge < -0.3 is 15.4 Å². The fraction of sp³-hybridized carbons (Fsp3) is 0.130. The molecule has 8 nitrogen and oxygen atoms in total. The Labute approximate surface area is 186 Å². The van der Waals surface area contributed by atoms with E-state index in [1.807, 2.05) is 0 Å². The summed E-state index contributed by atoms with van der Waals surface area (Å²) in [6, 6.07) is 20.9. The van der Waals surface area contributed by atoms with Crippen LogP contribution in [0, 0.1) is 0 Å². The van der Waals surface area contributed by atoms with Gasteiger partial charge in [0.05, 0.1) is 17.7 Å². The van der Waals surface area contributed by atoms with Crippen LogP contribution in [0.5, 0.6) is 5.75 Å². The van der Waals surface area contributed by atoms with Gasteiger partial charge in [-0.3, -0.25) is 13.9 Å². The van der Waals surface area contributed by atoms with E-state index < -0.39 is 22.5 Å². The Morgan fingerprint density at radius 2 is 1.53 bits per heavy atom. The molecule has 2 amide bonds. The summed E-state index contributed by atoms with van der Waals surface area (Å²) in [5, 5.41) is 5.31. The van der Waals surface area contributed by atoms with Crippen LogP contribution >= 0.6 is 0 Å². The fourth-order valence-corrected chi connectivity index (χ4v) is 4.44. The number of nitrogens with zero attached hydrogens (tertiary/aromatic N) is 1. The maximum atomic E-state index is 13.4. The van der Waals surface area contributed by atoms with Gasteiger partial charge in [-0.1, -0.05) is 30.3 Å². The summed E-state index contributed by atoms with van der Waals surface area (Å²) in [4.78, 5) is 24.1. The average molecular weight is 454 g/mol. The second kappa shape index (κ2) is 9.97. The summed E-state index contributed by atoms with van der Waals surface area (Å²) in [5.41, 5.74) is 1.22. The van der Waals surface area contributed by atoms with Crippen molar-refractivity contribution in [3.63, 3.8) is 0 Å². The first-order chi connectivity index (χ1) is 15.3. The Hall–Kier alpha value is -3.85. The predicted octanol–water partition coefficient (Wildman–Crippen LogP) is 3.49. The number of benzene rings is 3. The molecule has 0 aromatic heterocycles. The number of carbonyl (C=O) groups excluding carboxylic acids is 2. The maximum Gasteiger partial charge on any atom is 0.264 e. The molecule has 0 saturated heterocycles. The van der Waals surface area contributed by atoms with Crippen LogP contribution in [-0.2, 0) is 19.6 Å². The van der Waals surface area contributed by atoms with E-state index >= 15 is 0 Å². The molecule has 2 N–H and O–H groups in total. The van der Waals surface area contributed by atoms with Crippen LogP contribution in [0.2, 0.25) is 0 Å². The number of nitrogens with one attached hydrogen (secondary N) is 2. The number of amides is 2. The minimum atomic E-state index is -4.03. The molecule has 32 heavy (non-hydrogen) atoms. The number of carbonyl (C=O) groups is 2. The van der Waals surface area contributed by atoms with Gasteiger partial charge in [0.2, 0.25) is 11.8 Å². The van der Waals surface area contributed by atoms with E-state index in [1.165, 1.54) is 26.2 Å².